The molecule has 0 radical (unpaired) electrons. The van der Waals surface area contributed by atoms with Gasteiger partial charge in [0.1, 0.15) is 0 Å². The quantitative estimate of drug-likeness (QED) is 0.725. The van der Waals surface area contributed by atoms with Gasteiger partial charge in [0, 0.05) is 18.8 Å². The van der Waals surface area contributed by atoms with Crippen LogP contribution in [0.1, 0.15) is 18.3 Å². The number of nitrogens with zero attached hydrogens (tertiary/aromatic N) is 1. The highest BCUT2D eigenvalue weighted by Gasteiger charge is 2.10. The molecule has 92 valence electrons. The molecule has 2 N–H and O–H groups in total. The van der Waals surface area contributed by atoms with Crippen molar-refractivity contribution in [2.24, 2.45) is 0 Å². The van der Waals surface area contributed by atoms with Crippen molar-refractivity contribution in [3.8, 4) is 0 Å². The monoisotopic (exact) mass is 233 g/mol. The number of carbonyl (C=O) groups is 1. The summed E-state index contributed by atoms with van der Waals surface area (Å²) in [5, 5.41) is 5.87. The third-order valence-electron chi connectivity index (χ3n) is 2.35. The Balaban J connectivity index is 2.39. The van der Waals surface area contributed by atoms with Crippen molar-refractivity contribution in [3.63, 3.8) is 0 Å². The van der Waals surface area contributed by atoms with E-state index < -0.39 is 0 Å². The standard InChI is InChI=1S/C13H19N3O/c1-4-8-14-13(17)11(3)15-9-12-7-5-6-10(2)16-12/h4-7,11,15H,1,8-9H2,2-3H3,(H,14,17). The van der Waals surface area contributed by atoms with Crippen LogP contribution in [0.25, 0.3) is 0 Å². The highest BCUT2D eigenvalue weighted by Crippen LogP contribution is 1.98. The summed E-state index contributed by atoms with van der Waals surface area (Å²) >= 11 is 0. The maximum atomic E-state index is 11.5. The lowest BCUT2D eigenvalue weighted by molar-refractivity contribution is -0.122. The highest BCUT2D eigenvalue weighted by atomic mass is 16.2. The Labute approximate surface area is 102 Å². The van der Waals surface area contributed by atoms with E-state index in [1.807, 2.05) is 32.0 Å². The fraction of sp³-hybridized carbons (Fsp3) is 0.385. The van der Waals surface area contributed by atoms with Crippen LogP contribution in [0.3, 0.4) is 0 Å². The summed E-state index contributed by atoms with van der Waals surface area (Å²) < 4.78 is 0. The number of hydrogen-bond donors (Lipinski definition) is 2. The Hall–Kier alpha value is -1.68. The molecular weight excluding hydrogens is 214 g/mol. The van der Waals surface area contributed by atoms with Gasteiger partial charge in [-0.2, -0.15) is 0 Å². The van der Waals surface area contributed by atoms with Gasteiger partial charge in [0.2, 0.25) is 5.91 Å². The number of nitrogens with one attached hydrogen (secondary N) is 2. The lowest BCUT2D eigenvalue weighted by Crippen LogP contribution is -2.41. The second kappa shape index (κ2) is 6.81. The summed E-state index contributed by atoms with van der Waals surface area (Å²) in [6.07, 6.45) is 1.66. The molecule has 17 heavy (non-hydrogen) atoms. The van der Waals surface area contributed by atoms with Crippen molar-refractivity contribution >= 4 is 5.91 Å². The van der Waals surface area contributed by atoms with Gasteiger partial charge < -0.3 is 10.6 Å². The molecule has 1 aromatic rings. The number of rotatable bonds is 6. The SMILES string of the molecule is C=CCNC(=O)C(C)NCc1cccc(C)n1. The molecule has 1 amide bonds. The fourth-order valence-electron chi connectivity index (χ4n) is 1.37. The number of aromatic nitrogens is 1. The lowest BCUT2D eigenvalue weighted by Gasteiger charge is -2.13. The molecule has 0 aliphatic carbocycles. The molecule has 4 nitrogen and oxygen atoms in total. The minimum Gasteiger partial charge on any atom is -0.351 e. The van der Waals surface area contributed by atoms with E-state index in [1.165, 1.54) is 0 Å². The number of carbonyl (C=O) groups excluding carboxylic acids is 1. The Morgan fingerprint density at radius 2 is 2.35 bits per heavy atom. The van der Waals surface area contributed by atoms with Crippen LogP contribution in [0, 0.1) is 6.92 Å². The molecule has 0 aliphatic heterocycles. The normalized spacial score (nSPS) is 11.9. The van der Waals surface area contributed by atoms with Gasteiger partial charge in [-0.1, -0.05) is 12.1 Å². The Kier molecular flexibility index (Phi) is 5.36. The van der Waals surface area contributed by atoms with Gasteiger partial charge in [-0.3, -0.25) is 9.78 Å². The Morgan fingerprint density at radius 1 is 1.59 bits per heavy atom. The predicted molar refractivity (Wildman–Crippen MR) is 68.5 cm³/mol. The molecule has 1 heterocycles. The van der Waals surface area contributed by atoms with Crippen LogP contribution in [-0.2, 0) is 11.3 Å². The second-order valence-electron chi connectivity index (χ2n) is 3.91. The van der Waals surface area contributed by atoms with Gasteiger partial charge in [0.05, 0.1) is 11.7 Å². The van der Waals surface area contributed by atoms with Crippen molar-refractivity contribution in [2.45, 2.75) is 26.4 Å². The van der Waals surface area contributed by atoms with Crippen molar-refractivity contribution in [2.75, 3.05) is 6.54 Å². The molecule has 1 unspecified atom stereocenters. The van der Waals surface area contributed by atoms with E-state index in [0.717, 1.165) is 11.4 Å². The van der Waals surface area contributed by atoms with Crippen LogP contribution in [-0.4, -0.2) is 23.5 Å². The molecule has 0 bridgehead atoms. The Bertz CT molecular complexity index is 390. The molecule has 0 saturated carbocycles. The fourth-order valence-corrected chi connectivity index (χ4v) is 1.37. The van der Waals surface area contributed by atoms with Gasteiger partial charge in [-0.15, -0.1) is 6.58 Å². The minimum atomic E-state index is -0.239. The first-order chi connectivity index (χ1) is 8.13. The summed E-state index contributed by atoms with van der Waals surface area (Å²) in [5.74, 6) is -0.0300. The number of pyridine rings is 1. The van der Waals surface area contributed by atoms with E-state index in [4.69, 9.17) is 0 Å². The maximum absolute atomic E-state index is 11.5. The van der Waals surface area contributed by atoms with E-state index in [2.05, 4.69) is 22.2 Å². The van der Waals surface area contributed by atoms with E-state index in [9.17, 15) is 4.79 Å². The number of hydrogen-bond acceptors (Lipinski definition) is 3. The Morgan fingerprint density at radius 3 is 3.00 bits per heavy atom. The molecule has 0 spiro atoms. The van der Waals surface area contributed by atoms with Crippen LogP contribution in [0.15, 0.2) is 30.9 Å². The van der Waals surface area contributed by atoms with Gasteiger partial charge in [0.25, 0.3) is 0 Å². The maximum Gasteiger partial charge on any atom is 0.237 e. The first-order valence-corrected chi connectivity index (χ1v) is 5.68. The zero-order chi connectivity index (χ0) is 12.7. The molecule has 1 rings (SSSR count). The smallest absolute Gasteiger partial charge is 0.237 e. The molecule has 4 heteroatoms. The van der Waals surface area contributed by atoms with Crippen molar-refractivity contribution in [3.05, 3.63) is 42.2 Å². The molecule has 0 aromatic carbocycles. The summed E-state index contributed by atoms with van der Waals surface area (Å²) in [6.45, 7) is 8.41. The molecular formula is C13H19N3O. The van der Waals surface area contributed by atoms with Crippen LogP contribution >= 0.6 is 0 Å². The van der Waals surface area contributed by atoms with Crippen LogP contribution in [0.4, 0.5) is 0 Å². The van der Waals surface area contributed by atoms with E-state index in [1.54, 1.807) is 6.08 Å². The zero-order valence-electron chi connectivity index (χ0n) is 10.4. The number of amides is 1. The molecule has 0 aliphatic rings. The topological polar surface area (TPSA) is 54.0 Å². The average molecular weight is 233 g/mol. The molecule has 0 fully saturated rings. The van der Waals surface area contributed by atoms with E-state index >= 15 is 0 Å². The van der Waals surface area contributed by atoms with Gasteiger partial charge >= 0.3 is 0 Å². The largest absolute Gasteiger partial charge is 0.351 e. The first kappa shape index (κ1) is 13.4. The third kappa shape index (κ3) is 4.78. The number of aryl methyl sites for hydroxylation is 1. The molecule has 0 saturated heterocycles. The summed E-state index contributed by atoms with van der Waals surface area (Å²) in [7, 11) is 0. The van der Waals surface area contributed by atoms with Gasteiger partial charge in [0.15, 0.2) is 0 Å². The van der Waals surface area contributed by atoms with Gasteiger partial charge in [-0.25, -0.2) is 0 Å². The first-order valence-electron chi connectivity index (χ1n) is 5.68. The van der Waals surface area contributed by atoms with Crippen LogP contribution in [0.2, 0.25) is 0 Å². The third-order valence-corrected chi connectivity index (χ3v) is 2.35. The van der Waals surface area contributed by atoms with Crippen molar-refractivity contribution < 1.29 is 4.79 Å². The van der Waals surface area contributed by atoms with E-state index in [0.29, 0.717) is 13.1 Å². The zero-order valence-corrected chi connectivity index (χ0v) is 10.4. The van der Waals surface area contributed by atoms with Crippen molar-refractivity contribution in [1.29, 1.82) is 0 Å². The molecule has 1 atom stereocenters. The van der Waals surface area contributed by atoms with Crippen molar-refractivity contribution in [1.82, 2.24) is 15.6 Å². The van der Waals surface area contributed by atoms with E-state index in [-0.39, 0.29) is 11.9 Å². The van der Waals surface area contributed by atoms with Gasteiger partial charge in [-0.05, 0) is 26.0 Å². The summed E-state index contributed by atoms with van der Waals surface area (Å²) in [4.78, 5) is 15.9. The highest BCUT2D eigenvalue weighted by molar-refractivity contribution is 5.81. The lowest BCUT2D eigenvalue weighted by atomic mass is 10.2. The average Bonchev–Trinajstić information content (AvgIpc) is 2.33. The molecule has 1 aromatic heterocycles. The summed E-state index contributed by atoms with van der Waals surface area (Å²) in [5.41, 5.74) is 1.92. The predicted octanol–water partition coefficient (Wildman–Crippen LogP) is 1.17. The minimum absolute atomic E-state index is 0.0300. The summed E-state index contributed by atoms with van der Waals surface area (Å²) in [6, 6.07) is 5.61. The van der Waals surface area contributed by atoms with Crippen LogP contribution in [0.5, 0.6) is 0 Å². The second-order valence-corrected chi connectivity index (χ2v) is 3.91. The van der Waals surface area contributed by atoms with Crippen LogP contribution < -0.4 is 10.6 Å².